The predicted molar refractivity (Wildman–Crippen MR) is 95.3 cm³/mol. The minimum Gasteiger partial charge on any atom is -0.394 e. The minimum absolute atomic E-state index is 0.149. The van der Waals surface area contributed by atoms with Gasteiger partial charge in [-0.1, -0.05) is 24.3 Å². The van der Waals surface area contributed by atoms with E-state index >= 15 is 0 Å². The second-order valence-electron chi connectivity index (χ2n) is 6.58. The van der Waals surface area contributed by atoms with Crippen LogP contribution in [0.3, 0.4) is 0 Å². The first kappa shape index (κ1) is 16.7. The van der Waals surface area contributed by atoms with Gasteiger partial charge in [-0.15, -0.1) is 0 Å². The molecule has 128 valence electrons. The van der Waals surface area contributed by atoms with Crippen LogP contribution in [-0.2, 0) is 12.8 Å². The highest BCUT2D eigenvalue weighted by molar-refractivity contribution is 6.04. The van der Waals surface area contributed by atoms with E-state index in [2.05, 4.69) is 17.4 Å². The molecule has 0 aromatic heterocycles. The standard InChI is InChI=1S/C19H24N2O3/c1-12(11-22)21(10-13(2)23)19(24)20-17-9-8-15-7-6-14-4-3-5-16(17)18(14)15/h3-5,8-9,12-13,22-23H,6-7,10-11H2,1-2H3,(H,20,24)/t12-,13-/m1/s1. The molecule has 1 aliphatic rings. The van der Waals surface area contributed by atoms with Crippen LogP contribution in [0, 0.1) is 0 Å². The number of carbonyl (C=O) groups excluding carboxylic acids is 1. The van der Waals surface area contributed by atoms with Crippen molar-refractivity contribution in [3.8, 4) is 0 Å². The Morgan fingerprint density at radius 2 is 1.92 bits per heavy atom. The number of amides is 2. The molecular weight excluding hydrogens is 304 g/mol. The molecule has 2 atom stereocenters. The van der Waals surface area contributed by atoms with Gasteiger partial charge in [0, 0.05) is 11.9 Å². The number of aryl methyl sites for hydroxylation is 2. The zero-order valence-corrected chi connectivity index (χ0v) is 14.1. The number of hydrogen-bond donors (Lipinski definition) is 3. The number of anilines is 1. The molecule has 0 fully saturated rings. The number of aliphatic hydroxyl groups is 2. The van der Waals surface area contributed by atoms with Crippen molar-refractivity contribution >= 4 is 22.5 Å². The minimum atomic E-state index is -0.655. The van der Waals surface area contributed by atoms with Gasteiger partial charge in [-0.05, 0) is 49.3 Å². The Hall–Kier alpha value is -2.11. The Kier molecular flexibility index (Phi) is 4.73. The molecule has 5 heteroatoms. The molecule has 3 N–H and O–H groups in total. The van der Waals surface area contributed by atoms with Crippen LogP contribution in [0.1, 0.15) is 25.0 Å². The molecule has 0 radical (unpaired) electrons. The molecule has 0 unspecified atom stereocenters. The SMILES string of the molecule is C[C@H](CO)N(C[C@@H](C)O)C(=O)Nc1ccc2c3c(cccc13)CC2. The first-order valence-corrected chi connectivity index (χ1v) is 8.41. The van der Waals surface area contributed by atoms with Gasteiger partial charge in [0.25, 0.3) is 0 Å². The van der Waals surface area contributed by atoms with Crippen molar-refractivity contribution < 1.29 is 15.0 Å². The highest BCUT2D eigenvalue weighted by atomic mass is 16.3. The molecule has 2 aromatic carbocycles. The number of aliphatic hydroxyl groups excluding tert-OH is 2. The number of nitrogens with zero attached hydrogens (tertiary/aromatic N) is 1. The van der Waals surface area contributed by atoms with Crippen molar-refractivity contribution in [2.75, 3.05) is 18.5 Å². The Bertz CT molecular complexity index is 747. The zero-order chi connectivity index (χ0) is 17.3. The lowest BCUT2D eigenvalue weighted by atomic mass is 10.0. The summed E-state index contributed by atoms with van der Waals surface area (Å²) in [4.78, 5) is 14.1. The van der Waals surface area contributed by atoms with E-state index in [1.165, 1.54) is 21.4 Å². The number of benzene rings is 2. The quantitative estimate of drug-likeness (QED) is 0.790. The van der Waals surface area contributed by atoms with Crippen molar-refractivity contribution in [1.29, 1.82) is 0 Å². The fourth-order valence-corrected chi connectivity index (χ4v) is 3.39. The summed E-state index contributed by atoms with van der Waals surface area (Å²) in [6.07, 6.45) is 1.43. The van der Waals surface area contributed by atoms with Gasteiger partial charge in [0.2, 0.25) is 0 Å². The lowest BCUT2D eigenvalue weighted by molar-refractivity contribution is 0.0995. The van der Waals surface area contributed by atoms with Gasteiger partial charge in [-0.3, -0.25) is 0 Å². The van der Waals surface area contributed by atoms with Crippen molar-refractivity contribution in [2.24, 2.45) is 0 Å². The highest BCUT2D eigenvalue weighted by Gasteiger charge is 2.23. The van der Waals surface area contributed by atoms with E-state index in [0.29, 0.717) is 0 Å². The molecule has 0 bridgehead atoms. The van der Waals surface area contributed by atoms with Gasteiger partial charge in [-0.25, -0.2) is 4.79 Å². The molecule has 2 amide bonds. The van der Waals surface area contributed by atoms with E-state index in [0.717, 1.165) is 23.9 Å². The first-order chi connectivity index (χ1) is 11.5. The fraction of sp³-hybridized carbons (Fsp3) is 0.421. The Morgan fingerprint density at radius 3 is 2.58 bits per heavy atom. The molecular formula is C19H24N2O3. The maximum absolute atomic E-state index is 12.7. The summed E-state index contributed by atoms with van der Waals surface area (Å²) in [5.41, 5.74) is 3.41. The number of hydrogen-bond acceptors (Lipinski definition) is 3. The molecule has 0 spiro atoms. The maximum atomic E-state index is 12.7. The summed E-state index contributed by atoms with van der Waals surface area (Å²) in [6, 6.07) is 9.52. The molecule has 0 heterocycles. The van der Waals surface area contributed by atoms with Crippen LogP contribution in [-0.4, -0.2) is 46.4 Å². The van der Waals surface area contributed by atoms with Crippen LogP contribution in [0.2, 0.25) is 0 Å². The lowest BCUT2D eigenvalue weighted by Crippen LogP contribution is -2.46. The van der Waals surface area contributed by atoms with Gasteiger partial charge in [0.1, 0.15) is 0 Å². The Morgan fingerprint density at radius 1 is 1.21 bits per heavy atom. The summed E-state index contributed by atoms with van der Waals surface area (Å²) in [5, 5.41) is 24.3. The summed E-state index contributed by atoms with van der Waals surface area (Å²) < 4.78 is 0. The molecule has 0 saturated carbocycles. The van der Waals surface area contributed by atoms with Crippen molar-refractivity contribution in [2.45, 2.75) is 38.8 Å². The van der Waals surface area contributed by atoms with Crippen LogP contribution in [0.5, 0.6) is 0 Å². The summed E-state index contributed by atoms with van der Waals surface area (Å²) in [5.74, 6) is 0. The lowest BCUT2D eigenvalue weighted by Gasteiger charge is -2.29. The van der Waals surface area contributed by atoms with E-state index in [-0.39, 0.29) is 25.2 Å². The van der Waals surface area contributed by atoms with Gasteiger partial charge >= 0.3 is 6.03 Å². The van der Waals surface area contributed by atoms with Gasteiger partial charge < -0.3 is 20.4 Å². The van der Waals surface area contributed by atoms with Gasteiger partial charge in [-0.2, -0.15) is 0 Å². The number of rotatable bonds is 5. The number of carbonyl (C=O) groups is 1. The number of urea groups is 1. The molecule has 1 aliphatic carbocycles. The smallest absolute Gasteiger partial charge is 0.322 e. The topological polar surface area (TPSA) is 72.8 Å². The average Bonchev–Trinajstić information content (AvgIpc) is 2.99. The molecule has 5 nitrogen and oxygen atoms in total. The van der Waals surface area contributed by atoms with Crippen LogP contribution >= 0.6 is 0 Å². The fourth-order valence-electron chi connectivity index (χ4n) is 3.39. The van der Waals surface area contributed by atoms with E-state index < -0.39 is 6.10 Å². The third kappa shape index (κ3) is 3.09. The van der Waals surface area contributed by atoms with Gasteiger partial charge in [0.15, 0.2) is 0 Å². The summed E-state index contributed by atoms with van der Waals surface area (Å²) in [7, 11) is 0. The second-order valence-corrected chi connectivity index (χ2v) is 6.58. The zero-order valence-electron chi connectivity index (χ0n) is 14.1. The van der Waals surface area contributed by atoms with E-state index in [9.17, 15) is 15.0 Å². The average molecular weight is 328 g/mol. The van der Waals surface area contributed by atoms with Crippen molar-refractivity contribution in [3.63, 3.8) is 0 Å². The maximum Gasteiger partial charge on any atom is 0.322 e. The third-order valence-electron chi connectivity index (χ3n) is 4.64. The molecule has 2 aromatic rings. The Balaban J connectivity index is 1.90. The normalized spacial score (nSPS) is 15.3. The van der Waals surface area contributed by atoms with Crippen molar-refractivity contribution in [1.82, 2.24) is 4.90 Å². The highest BCUT2D eigenvalue weighted by Crippen LogP contribution is 2.35. The van der Waals surface area contributed by atoms with E-state index in [1.807, 2.05) is 18.2 Å². The number of nitrogens with one attached hydrogen (secondary N) is 1. The van der Waals surface area contributed by atoms with Gasteiger partial charge in [0.05, 0.1) is 24.4 Å². The Labute approximate surface area is 141 Å². The van der Waals surface area contributed by atoms with Crippen molar-refractivity contribution in [3.05, 3.63) is 41.5 Å². The summed E-state index contributed by atoms with van der Waals surface area (Å²) in [6.45, 7) is 3.41. The summed E-state index contributed by atoms with van der Waals surface area (Å²) >= 11 is 0. The third-order valence-corrected chi connectivity index (χ3v) is 4.64. The monoisotopic (exact) mass is 328 g/mol. The molecule has 0 saturated heterocycles. The van der Waals surface area contributed by atoms with Crippen LogP contribution in [0.25, 0.3) is 10.8 Å². The molecule has 24 heavy (non-hydrogen) atoms. The molecule has 0 aliphatic heterocycles. The second kappa shape index (κ2) is 6.79. The van der Waals surface area contributed by atoms with E-state index in [4.69, 9.17) is 0 Å². The largest absolute Gasteiger partial charge is 0.394 e. The molecule has 3 rings (SSSR count). The van der Waals surface area contributed by atoms with Crippen LogP contribution in [0.15, 0.2) is 30.3 Å². The van der Waals surface area contributed by atoms with Crippen LogP contribution < -0.4 is 5.32 Å². The predicted octanol–water partition coefficient (Wildman–Crippen LogP) is 2.53. The van der Waals surface area contributed by atoms with Crippen LogP contribution in [0.4, 0.5) is 10.5 Å². The first-order valence-electron chi connectivity index (χ1n) is 8.41. The van der Waals surface area contributed by atoms with E-state index in [1.54, 1.807) is 13.8 Å².